The second-order valence-corrected chi connectivity index (χ2v) is 4.67. The van der Waals surface area contributed by atoms with Gasteiger partial charge in [0.15, 0.2) is 0 Å². The molecule has 2 N–H and O–H groups in total. The van der Waals surface area contributed by atoms with Crippen LogP contribution in [0.25, 0.3) is 0 Å². The average Bonchev–Trinajstić information content (AvgIpc) is 2.62. The number of aromatic nitrogens is 3. The molecule has 1 fully saturated rings. The van der Waals surface area contributed by atoms with Crippen molar-refractivity contribution in [1.82, 2.24) is 15.0 Å². The third-order valence-corrected chi connectivity index (χ3v) is 3.78. The molecule has 1 aromatic rings. The summed E-state index contributed by atoms with van der Waals surface area (Å²) in [6.07, 6.45) is 6.12. The lowest BCUT2D eigenvalue weighted by molar-refractivity contribution is 0.346. The van der Waals surface area contributed by atoms with Crippen molar-refractivity contribution in [2.75, 3.05) is 0 Å². The van der Waals surface area contributed by atoms with Crippen LogP contribution in [0.3, 0.4) is 0 Å². The minimum atomic E-state index is 0.489. The lowest BCUT2D eigenvalue weighted by Gasteiger charge is -2.28. The molecule has 1 saturated carbocycles. The number of rotatable bonds is 5. The Morgan fingerprint density at radius 3 is 2.50 bits per heavy atom. The van der Waals surface area contributed by atoms with Crippen LogP contribution in [-0.4, -0.2) is 15.0 Å². The first kappa shape index (κ1) is 11.6. The quantitative estimate of drug-likeness (QED) is 0.832. The highest BCUT2D eigenvalue weighted by atomic mass is 15.4. The highest BCUT2D eigenvalue weighted by Crippen LogP contribution is 2.38. The van der Waals surface area contributed by atoms with Crippen molar-refractivity contribution in [2.45, 2.75) is 64.5 Å². The molecule has 1 aliphatic rings. The van der Waals surface area contributed by atoms with Gasteiger partial charge in [0.25, 0.3) is 0 Å². The van der Waals surface area contributed by atoms with Gasteiger partial charge in [0, 0.05) is 12.5 Å². The van der Waals surface area contributed by atoms with E-state index < -0.39 is 0 Å². The van der Waals surface area contributed by atoms with E-state index in [1.54, 1.807) is 0 Å². The lowest BCUT2D eigenvalue weighted by Crippen LogP contribution is -2.20. The van der Waals surface area contributed by atoms with E-state index in [2.05, 4.69) is 28.8 Å². The van der Waals surface area contributed by atoms with Gasteiger partial charge in [-0.3, -0.25) is 0 Å². The Balaban J connectivity index is 2.32. The van der Waals surface area contributed by atoms with Crippen LogP contribution in [0.2, 0.25) is 0 Å². The fourth-order valence-corrected chi connectivity index (χ4v) is 2.49. The molecule has 0 spiro atoms. The first-order valence-corrected chi connectivity index (χ1v) is 6.45. The summed E-state index contributed by atoms with van der Waals surface area (Å²) in [6, 6.07) is 0.489. The topological polar surface area (TPSA) is 56.7 Å². The molecule has 0 amide bonds. The van der Waals surface area contributed by atoms with Gasteiger partial charge in [-0.05, 0) is 25.7 Å². The van der Waals surface area contributed by atoms with Gasteiger partial charge in [-0.15, -0.1) is 5.10 Å². The first-order valence-electron chi connectivity index (χ1n) is 6.45. The molecule has 2 rings (SSSR count). The molecule has 16 heavy (non-hydrogen) atoms. The third-order valence-electron chi connectivity index (χ3n) is 3.78. The summed E-state index contributed by atoms with van der Waals surface area (Å²) in [5.74, 6) is 0.661. The van der Waals surface area contributed by atoms with Gasteiger partial charge < -0.3 is 5.73 Å². The van der Waals surface area contributed by atoms with Crippen molar-refractivity contribution in [2.24, 2.45) is 5.73 Å². The van der Waals surface area contributed by atoms with Crippen LogP contribution in [0, 0.1) is 0 Å². The maximum atomic E-state index is 5.75. The molecule has 1 aromatic heterocycles. The summed E-state index contributed by atoms with van der Waals surface area (Å²) in [5, 5.41) is 8.56. The number of hydrogen-bond acceptors (Lipinski definition) is 3. The van der Waals surface area contributed by atoms with E-state index in [-0.39, 0.29) is 0 Å². The molecule has 1 aliphatic carbocycles. The fraction of sp³-hybridized carbons (Fsp3) is 0.833. The van der Waals surface area contributed by atoms with Crippen LogP contribution in [-0.2, 0) is 6.54 Å². The normalized spacial score (nSPS) is 16.8. The van der Waals surface area contributed by atoms with Gasteiger partial charge >= 0.3 is 0 Å². The van der Waals surface area contributed by atoms with Crippen molar-refractivity contribution in [1.29, 1.82) is 0 Å². The van der Waals surface area contributed by atoms with Crippen molar-refractivity contribution in [3.8, 4) is 0 Å². The monoisotopic (exact) mass is 222 g/mol. The van der Waals surface area contributed by atoms with Gasteiger partial charge in [-0.2, -0.15) is 0 Å². The number of hydrogen-bond donors (Lipinski definition) is 1. The van der Waals surface area contributed by atoms with Crippen LogP contribution in [0.1, 0.15) is 69.3 Å². The molecular formula is C12H22N4. The largest absolute Gasteiger partial charge is 0.325 e. The maximum Gasteiger partial charge on any atom is 0.0997 e. The third kappa shape index (κ3) is 1.86. The molecule has 0 unspecified atom stereocenters. The second kappa shape index (κ2) is 4.95. The standard InChI is InChI=1S/C12H22N4/c1-3-10(4-2)16-12(9-6-5-7-9)11(8-13)14-15-16/h9-10H,3-8,13H2,1-2H3. The van der Waals surface area contributed by atoms with E-state index in [0.717, 1.165) is 18.5 Å². The summed E-state index contributed by atoms with van der Waals surface area (Å²) in [6.45, 7) is 4.94. The Morgan fingerprint density at radius 1 is 1.38 bits per heavy atom. The average molecular weight is 222 g/mol. The minimum Gasteiger partial charge on any atom is -0.325 e. The molecular weight excluding hydrogens is 200 g/mol. The number of nitrogens with two attached hydrogens (primary N) is 1. The second-order valence-electron chi connectivity index (χ2n) is 4.67. The van der Waals surface area contributed by atoms with Crippen LogP contribution < -0.4 is 5.73 Å². The van der Waals surface area contributed by atoms with Crippen molar-refractivity contribution in [3.05, 3.63) is 11.4 Å². The molecule has 0 aliphatic heterocycles. The van der Waals surface area contributed by atoms with Crippen LogP contribution >= 0.6 is 0 Å². The van der Waals surface area contributed by atoms with E-state index in [9.17, 15) is 0 Å². The van der Waals surface area contributed by atoms with Gasteiger partial charge in [-0.25, -0.2) is 4.68 Å². The Bertz CT molecular complexity index is 337. The fourth-order valence-electron chi connectivity index (χ4n) is 2.49. The summed E-state index contributed by atoms with van der Waals surface area (Å²) in [7, 11) is 0. The zero-order valence-corrected chi connectivity index (χ0v) is 10.3. The predicted octanol–water partition coefficient (Wildman–Crippen LogP) is 2.37. The van der Waals surface area contributed by atoms with Crippen LogP contribution in [0.15, 0.2) is 0 Å². The minimum absolute atomic E-state index is 0.489. The summed E-state index contributed by atoms with van der Waals surface area (Å²) in [5.41, 5.74) is 8.08. The van der Waals surface area contributed by atoms with E-state index in [4.69, 9.17) is 5.73 Å². The molecule has 1 heterocycles. The Hall–Kier alpha value is -0.900. The summed E-state index contributed by atoms with van der Waals surface area (Å²) in [4.78, 5) is 0. The van der Waals surface area contributed by atoms with Crippen LogP contribution in [0.5, 0.6) is 0 Å². The van der Waals surface area contributed by atoms with Gasteiger partial charge in [0.2, 0.25) is 0 Å². The summed E-state index contributed by atoms with van der Waals surface area (Å²) < 4.78 is 2.14. The Kier molecular flexibility index (Phi) is 3.59. The molecule has 0 bridgehead atoms. The van der Waals surface area contributed by atoms with Gasteiger partial charge in [-0.1, -0.05) is 25.5 Å². The Morgan fingerprint density at radius 2 is 2.06 bits per heavy atom. The summed E-state index contributed by atoms with van der Waals surface area (Å²) >= 11 is 0. The zero-order valence-electron chi connectivity index (χ0n) is 10.3. The van der Waals surface area contributed by atoms with Gasteiger partial charge in [0.1, 0.15) is 0 Å². The predicted molar refractivity (Wildman–Crippen MR) is 64.1 cm³/mol. The molecule has 0 atom stereocenters. The highest BCUT2D eigenvalue weighted by molar-refractivity contribution is 5.18. The Labute approximate surface area is 97.2 Å². The number of nitrogens with zero attached hydrogens (tertiary/aromatic N) is 3. The van der Waals surface area contributed by atoms with E-state index in [1.807, 2.05) is 0 Å². The first-order chi connectivity index (χ1) is 7.81. The van der Waals surface area contributed by atoms with Crippen molar-refractivity contribution in [3.63, 3.8) is 0 Å². The molecule has 0 aromatic carbocycles. The van der Waals surface area contributed by atoms with E-state index in [0.29, 0.717) is 18.5 Å². The molecule has 90 valence electrons. The smallest absolute Gasteiger partial charge is 0.0997 e. The molecule has 4 nitrogen and oxygen atoms in total. The highest BCUT2D eigenvalue weighted by Gasteiger charge is 2.28. The van der Waals surface area contributed by atoms with Crippen LogP contribution in [0.4, 0.5) is 0 Å². The van der Waals surface area contributed by atoms with Crippen molar-refractivity contribution < 1.29 is 0 Å². The van der Waals surface area contributed by atoms with E-state index in [1.165, 1.54) is 25.0 Å². The molecule has 0 saturated heterocycles. The molecule has 4 heteroatoms. The maximum absolute atomic E-state index is 5.75. The lowest BCUT2D eigenvalue weighted by atomic mass is 9.81. The van der Waals surface area contributed by atoms with E-state index >= 15 is 0 Å². The zero-order chi connectivity index (χ0) is 11.5. The molecule has 0 radical (unpaired) electrons. The van der Waals surface area contributed by atoms with Crippen molar-refractivity contribution >= 4 is 0 Å². The van der Waals surface area contributed by atoms with Gasteiger partial charge in [0.05, 0.1) is 17.4 Å². The SMILES string of the molecule is CCC(CC)n1nnc(CN)c1C1CCC1.